The van der Waals surface area contributed by atoms with Gasteiger partial charge in [-0.25, -0.2) is 0 Å². The fourth-order valence-electron chi connectivity index (χ4n) is 2.28. The summed E-state index contributed by atoms with van der Waals surface area (Å²) in [5.74, 6) is 0.813. The molecule has 2 heterocycles. The predicted octanol–water partition coefficient (Wildman–Crippen LogP) is 0.598. The first-order valence-corrected chi connectivity index (χ1v) is 6.54. The molecule has 1 fully saturated rings. The fraction of sp³-hybridized carbons (Fsp3) is 0.833. The molecule has 1 saturated heterocycles. The monoisotopic (exact) mass is 237 g/mol. The summed E-state index contributed by atoms with van der Waals surface area (Å²) in [6.07, 6.45) is 4.98. The van der Waals surface area contributed by atoms with Crippen LogP contribution in [0.25, 0.3) is 0 Å². The largest absolute Gasteiger partial charge is 0.314 e. The van der Waals surface area contributed by atoms with E-state index in [1.165, 1.54) is 19.5 Å². The number of nitrogens with zero attached hydrogens (tertiary/aromatic N) is 4. The number of rotatable bonds is 6. The third kappa shape index (κ3) is 4.09. The van der Waals surface area contributed by atoms with Crippen LogP contribution >= 0.6 is 0 Å². The average molecular weight is 237 g/mol. The normalized spacial score (nSPS) is 21.5. The molecule has 0 amide bonds. The van der Waals surface area contributed by atoms with Gasteiger partial charge in [0, 0.05) is 25.3 Å². The molecule has 1 aromatic heterocycles. The molecule has 1 aliphatic rings. The van der Waals surface area contributed by atoms with Crippen molar-refractivity contribution in [3.05, 3.63) is 12.4 Å². The standard InChI is InChI=1S/C12H23N5/c1-11(2)13-9-12-3-5-16(10-12)7-8-17-6-4-14-15-17/h4,6,11-13H,3,5,7-10H2,1-2H3. The maximum atomic E-state index is 3.98. The molecular formula is C12H23N5. The zero-order valence-corrected chi connectivity index (χ0v) is 10.8. The van der Waals surface area contributed by atoms with E-state index in [0.29, 0.717) is 6.04 Å². The van der Waals surface area contributed by atoms with Crippen molar-refractivity contribution in [2.45, 2.75) is 32.9 Å². The Labute approximate surface area is 103 Å². The molecule has 0 bridgehead atoms. The highest BCUT2D eigenvalue weighted by Crippen LogP contribution is 2.15. The van der Waals surface area contributed by atoms with Crippen LogP contribution in [0.5, 0.6) is 0 Å². The van der Waals surface area contributed by atoms with E-state index in [1.807, 2.05) is 10.9 Å². The highest BCUT2D eigenvalue weighted by atomic mass is 15.4. The van der Waals surface area contributed by atoms with Gasteiger partial charge in [0.05, 0.1) is 12.7 Å². The second-order valence-corrected chi connectivity index (χ2v) is 5.18. The summed E-state index contributed by atoms with van der Waals surface area (Å²) in [5.41, 5.74) is 0. The first-order chi connectivity index (χ1) is 8.24. The maximum Gasteiger partial charge on any atom is 0.0692 e. The first kappa shape index (κ1) is 12.5. The molecule has 0 spiro atoms. The van der Waals surface area contributed by atoms with Crippen molar-refractivity contribution in [3.8, 4) is 0 Å². The highest BCUT2D eigenvalue weighted by Gasteiger charge is 2.21. The van der Waals surface area contributed by atoms with E-state index in [4.69, 9.17) is 0 Å². The quantitative estimate of drug-likeness (QED) is 0.787. The lowest BCUT2D eigenvalue weighted by molar-refractivity contribution is 0.299. The smallest absolute Gasteiger partial charge is 0.0692 e. The van der Waals surface area contributed by atoms with Gasteiger partial charge < -0.3 is 10.2 Å². The Morgan fingerprint density at radius 2 is 2.29 bits per heavy atom. The minimum Gasteiger partial charge on any atom is -0.314 e. The summed E-state index contributed by atoms with van der Waals surface area (Å²) in [6, 6.07) is 0.596. The van der Waals surface area contributed by atoms with Crippen molar-refractivity contribution >= 4 is 0 Å². The second-order valence-electron chi connectivity index (χ2n) is 5.18. The lowest BCUT2D eigenvalue weighted by Crippen LogP contribution is -2.31. The molecule has 5 nitrogen and oxygen atoms in total. The van der Waals surface area contributed by atoms with E-state index >= 15 is 0 Å². The van der Waals surface area contributed by atoms with Gasteiger partial charge in [0.15, 0.2) is 0 Å². The maximum absolute atomic E-state index is 3.98. The Bertz CT molecular complexity index is 309. The van der Waals surface area contributed by atoms with Gasteiger partial charge in [-0.15, -0.1) is 5.10 Å². The topological polar surface area (TPSA) is 46.0 Å². The number of likely N-dealkylation sites (tertiary alicyclic amines) is 1. The van der Waals surface area contributed by atoms with Crippen LogP contribution in [0.3, 0.4) is 0 Å². The number of hydrogen-bond donors (Lipinski definition) is 1. The van der Waals surface area contributed by atoms with Crippen molar-refractivity contribution in [2.24, 2.45) is 5.92 Å². The van der Waals surface area contributed by atoms with E-state index in [1.54, 1.807) is 6.20 Å². The predicted molar refractivity (Wildman–Crippen MR) is 67.7 cm³/mol. The third-order valence-corrected chi connectivity index (χ3v) is 3.30. The van der Waals surface area contributed by atoms with Gasteiger partial charge in [0.2, 0.25) is 0 Å². The number of hydrogen-bond acceptors (Lipinski definition) is 4. The lowest BCUT2D eigenvalue weighted by atomic mass is 10.1. The van der Waals surface area contributed by atoms with Crippen molar-refractivity contribution < 1.29 is 0 Å². The van der Waals surface area contributed by atoms with Gasteiger partial charge in [-0.1, -0.05) is 19.1 Å². The molecule has 0 aromatic carbocycles. The highest BCUT2D eigenvalue weighted by molar-refractivity contribution is 4.78. The average Bonchev–Trinajstić information content (AvgIpc) is 2.95. The Hall–Kier alpha value is -0.940. The van der Waals surface area contributed by atoms with Crippen LogP contribution in [-0.2, 0) is 6.54 Å². The van der Waals surface area contributed by atoms with Crippen molar-refractivity contribution in [3.63, 3.8) is 0 Å². The van der Waals surface area contributed by atoms with Crippen LogP contribution in [0.2, 0.25) is 0 Å². The van der Waals surface area contributed by atoms with Gasteiger partial charge in [-0.3, -0.25) is 4.68 Å². The van der Waals surface area contributed by atoms with Gasteiger partial charge in [0.25, 0.3) is 0 Å². The Morgan fingerprint density at radius 3 is 3.00 bits per heavy atom. The van der Waals surface area contributed by atoms with Gasteiger partial charge in [-0.2, -0.15) is 0 Å². The van der Waals surface area contributed by atoms with Crippen molar-refractivity contribution in [1.82, 2.24) is 25.2 Å². The van der Waals surface area contributed by atoms with Crippen LogP contribution in [0, 0.1) is 5.92 Å². The van der Waals surface area contributed by atoms with Crippen LogP contribution in [0.4, 0.5) is 0 Å². The Balaban J connectivity index is 1.64. The minimum atomic E-state index is 0.596. The molecule has 1 unspecified atom stereocenters. The van der Waals surface area contributed by atoms with Gasteiger partial charge in [-0.05, 0) is 25.4 Å². The molecule has 1 N–H and O–H groups in total. The summed E-state index contributed by atoms with van der Waals surface area (Å²) in [6.45, 7) is 10.0. The van der Waals surface area contributed by atoms with E-state index < -0.39 is 0 Å². The molecule has 1 atom stereocenters. The molecule has 1 aliphatic heterocycles. The second kappa shape index (κ2) is 6.12. The lowest BCUT2D eigenvalue weighted by Gasteiger charge is -2.16. The number of aromatic nitrogens is 3. The van der Waals surface area contributed by atoms with Gasteiger partial charge >= 0.3 is 0 Å². The van der Waals surface area contributed by atoms with Crippen LogP contribution in [-0.4, -0.2) is 52.1 Å². The zero-order chi connectivity index (χ0) is 12.1. The molecule has 0 aliphatic carbocycles. The van der Waals surface area contributed by atoms with Crippen molar-refractivity contribution in [1.29, 1.82) is 0 Å². The molecule has 17 heavy (non-hydrogen) atoms. The van der Waals surface area contributed by atoms with Crippen molar-refractivity contribution in [2.75, 3.05) is 26.2 Å². The van der Waals surface area contributed by atoms with Gasteiger partial charge in [0.1, 0.15) is 0 Å². The summed E-state index contributed by atoms with van der Waals surface area (Å²) in [7, 11) is 0. The van der Waals surface area contributed by atoms with Crippen LogP contribution < -0.4 is 5.32 Å². The summed E-state index contributed by atoms with van der Waals surface area (Å²) in [4.78, 5) is 2.52. The minimum absolute atomic E-state index is 0.596. The van der Waals surface area contributed by atoms with E-state index in [9.17, 15) is 0 Å². The summed E-state index contributed by atoms with van der Waals surface area (Å²) < 4.78 is 1.90. The van der Waals surface area contributed by atoms with Crippen LogP contribution in [0.15, 0.2) is 12.4 Å². The van der Waals surface area contributed by atoms with E-state index in [-0.39, 0.29) is 0 Å². The molecule has 5 heteroatoms. The third-order valence-electron chi connectivity index (χ3n) is 3.30. The number of nitrogens with one attached hydrogen (secondary N) is 1. The van der Waals surface area contributed by atoms with E-state index in [2.05, 4.69) is 34.4 Å². The molecule has 0 saturated carbocycles. The fourth-order valence-corrected chi connectivity index (χ4v) is 2.28. The van der Waals surface area contributed by atoms with Crippen LogP contribution in [0.1, 0.15) is 20.3 Å². The SMILES string of the molecule is CC(C)NCC1CCN(CCn2ccnn2)C1. The summed E-state index contributed by atoms with van der Waals surface area (Å²) >= 11 is 0. The molecular weight excluding hydrogens is 214 g/mol. The Morgan fingerprint density at radius 1 is 1.41 bits per heavy atom. The Kier molecular flexibility index (Phi) is 4.50. The molecule has 0 radical (unpaired) electrons. The first-order valence-electron chi connectivity index (χ1n) is 6.54. The molecule has 96 valence electrons. The summed E-state index contributed by atoms with van der Waals surface area (Å²) in [5, 5.41) is 11.3. The molecule has 1 aromatic rings. The molecule has 2 rings (SSSR count). The zero-order valence-electron chi connectivity index (χ0n) is 10.8. The van der Waals surface area contributed by atoms with E-state index in [0.717, 1.165) is 25.6 Å².